The molecule has 0 fully saturated rings. The quantitative estimate of drug-likeness (QED) is 0.457. The molecule has 0 aromatic heterocycles. The van der Waals surface area contributed by atoms with Crippen LogP contribution in [0.4, 0.5) is 11.4 Å². The molecule has 0 saturated heterocycles. The Kier molecular flexibility index (Phi) is 3.28. The van der Waals surface area contributed by atoms with E-state index in [2.05, 4.69) is 18.8 Å². The van der Waals surface area contributed by atoms with Gasteiger partial charge in [-0.25, -0.2) is 4.79 Å². The van der Waals surface area contributed by atoms with E-state index in [0.717, 1.165) is 22.4 Å². The third kappa shape index (κ3) is 2.08. The first-order valence-electron chi connectivity index (χ1n) is 4.96. The van der Waals surface area contributed by atoms with Crippen molar-refractivity contribution in [2.45, 2.75) is 33.6 Å². The van der Waals surface area contributed by atoms with Crippen molar-refractivity contribution in [1.82, 2.24) is 0 Å². The van der Waals surface area contributed by atoms with Crippen LogP contribution in [0.5, 0.6) is 0 Å². The first kappa shape index (κ1) is 11.5. The second-order valence-corrected chi connectivity index (χ2v) is 4.03. The maximum absolute atomic E-state index is 10.3. The van der Waals surface area contributed by atoms with Crippen LogP contribution in [0, 0.1) is 13.8 Å². The predicted octanol–water partition coefficient (Wildman–Crippen LogP) is 2.98. The van der Waals surface area contributed by atoms with Crippen LogP contribution in [-0.2, 0) is 4.79 Å². The Morgan fingerprint density at radius 2 is 2.00 bits per heavy atom. The minimum absolute atomic E-state index is 0.372. The van der Waals surface area contributed by atoms with Crippen LogP contribution in [-0.4, -0.2) is 6.08 Å². The highest BCUT2D eigenvalue weighted by atomic mass is 16.1. The summed E-state index contributed by atoms with van der Waals surface area (Å²) >= 11 is 0. The van der Waals surface area contributed by atoms with E-state index >= 15 is 0 Å². The smallest absolute Gasteiger partial charge is 0.240 e. The zero-order valence-corrected chi connectivity index (χ0v) is 9.59. The normalized spacial score (nSPS) is 10.2. The average molecular weight is 204 g/mol. The number of aliphatic imine (C=N–C) groups is 1. The number of nitrogens with two attached hydrogens (primary N) is 1. The second kappa shape index (κ2) is 4.28. The molecule has 0 bridgehead atoms. The van der Waals surface area contributed by atoms with E-state index in [0.29, 0.717) is 11.6 Å². The monoisotopic (exact) mass is 204 g/mol. The van der Waals surface area contributed by atoms with Crippen molar-refractivity contribution in [3.63, 3.8) is 0 Å². The standard InChI is InChI=1S/C12H16N2O/c1-7(2)10-5-8(3)12(14-6-15)9(4)11(10)13/h5,7H,13H2,1-4H3. The molecule has 15 heavy (non-hydrogen) atoms. The van der Waals surface area contributed by atoms with Gasteiger partial charge in [0.05, 0.1) is 5.69 Å². The van der Waals surface area contributed by atoms with E-state index in [1.165, 1.54) is 0 Å². The first-order chi connectivity index (χ1) is 6.99. The second-order valence-electron chi connectivity index (χ2n) is 4.03. The van der Waals surface area contributed by atoms with Crippen LogP contribution in [0.3, 0.4) is 0 Å². The summed E-state index contributed by atoms with van der Waals surface area (Å²) in [5.41, 5.74) is 10.3. The number of aryl methyl sites for hydroxylation is 1. The Bertz CT molecular complexity index is 430. The summed E-state index contributed by atoms with van der Waals surface area (Å²) in [5.74, 6) is 0.372. The Balaban J connectivity index is 3.50. The van der Waals surface area contributed by atoms with Gasteiger partial charge in [0.2, 0.25) is 6.08 Å². The average Bonchev–Trinajstić information content (AvgIpc) is 2.18. The molecule has 3 heteroatoms. The Labute approximate surface area is 90.0 Å². The van der Waals surface area contributed by atoms with E-state index in [1.807, 2.05) is 19.9 Å². The topological polar surface area (TPSA) is 55.4 Å². The van der Waals surface area contributed by atoms with Gasteiger partial charge in [-0.2, -0.15) is 4.99 Å². The molecule has 0 aliphatic carbocycles. The maximum atomic E-state index is 10.3. The summed E-state index contributed by atoms with van der Waals surface area (Å²) in [6.45, 7) is 7.99. The summed E-state index contributed by atoms with van der Waals surface area (Å²) in [6, 6.07) is 1.99. The van der Waals surface area contributed by atoms with E-state index in [-0.39, 0.29) is 0 Å². The van der Waals surface area contributed by atoms with Crippen molar-refractivity contribution in [2.75, 3.05) is 5.73 Å². The number of isocyanates is 1. The predicted molar refractivity (Wildman–Crippen MR) is 62.2 cm³/mol. The van der Waals surface area contributed by atoms with Crippen LogP contribution in [0.2, 0.25) is 0 Å². The third-order valence-electron chi connectivity index (χ3n) is 2.60. The van der Waals surface area contributed by atoms with Crippen molar-refractivity contribution in [3.8, 4) is 0 Å². The zero-order chi connectivity index (χ0) is 11.6. The minimum Gasteiger partial charge on any atom is -0.398 e. The largest absolute Gasteiger partial charge is 0.398 e. The van der Waals surface area contributed by atoms with Gasteiger partial charge in [0.15, 0.2) is 0 Å². The molecule has 1 aromatic carbocycles. The van der Waals surface area contributed by atoms with Crippen molar-refractivity contribution in [2.24, 2.45) is 4.99 Å². The summed E-state index contributed by atoms with van der Waals surface area (Å²) < 4.78 is 0. The van der Waals surface area contributed by atoms with Crippen LogP contribution in [0.15, 0.2) is 11.1 Å². The molecule has 0 aliphatic heterocycles. The number of benzene rings is 1. The summed E-state index contributed by atoms with van der Waals surface area (Å²) in [5, 5.41) is 0. The fourth-order valence-corrected chi connectivity index (χ4v) is 1.71. The number of carbonyl (C=O) groups excluding carboxylic acids is 1. The van der Waals surface area contributed by atoms with Crippen molar-refractivity contribution < 1.29 is 4.79 Å². The van der Waals surface area contributed by atoms with Crippen LogP contribution < -0.4 is 5.73 Å². The first-order valence-corrected chi connectivity index (χ1v) is 4.96. The number of rotatable bonds is 2. The lowest BCUT2D eigenvalue weighted by atomic mass is 9.94. The molecule has 0 unspecified atom stereocenters. The highest BCUT2D eigenvalue weighted by Crippen LogP contribution is 2.34. The molecule has 0 radical (unpaired) electrons. The van der Waals surface area contributed by atoms with E-state index < -0.39 is 0 Å². The number of hydrogen-bond donors (Lipinski definition) is 1. The van der Waals surface area contributed by atoms with Crippen molar-refractivity contribution in [1.29, 1.82) is 0 Å². The maximum Gasteiger partial charge on any atom is 0.240 e. The van der Waals surface area contributed by atoms with Gasteiger partial charge in [0, 0.05) is 5.69 Å². The fraction of sp³-hybridized carbons (Fsp3) is 0.417. The molecule has 2 N–H and O–H groups in total. The van der Waals surface area contributed by atoms with Gasteiger partial charge < -0.3 is 5.73 Å². The number of anilines is 1. The zero-order valence-electron chi connectivity index (χ0n) is 9.59. The SMILES string of the molecule is Cc1cc(C(C)C)c(N)c(C)c1N=C=O. The number of hydrogen-bond acceptors (Lipinski definition) is 3. The van der Waals surface area contributed by atoms with Crippen molar-refractivity contribution in [3.05, 3.63) is 22.8 Å². The van der Waals surface area contributed by atoms with E-state index in [4.69, 9.17) is 5.73 Å². The summed E-state index contributed by atoms with van der Waals surface area (Å²) in [7, 11) is 0. The van der Waals surface area contributed by atoms with E-state index in [1.54, 1.807) is 6.08 Å². The molecule has 0 aliphatic rings. The molecule has 3 nitrogen and oxygen atoms in total. The Hall–Kier alpha value is -1.60. The molecular formula is C12H16N2O. The molecule has 0 saturated carbocycles. The van der Waals surface area contributed by atoms with Gasteiger partial charge >= 0.3 is 0 Å². The molecule has 80 valence electrons. The van der Waals surface area contributed by atoms with Gasteiger partial charge in [0.25, 0.3) is 0 Å². The third-order valence-corrected chi connectivity index (χ3v) is 2.60. The van der Waals surface area contributed by atoms with Gasteiger partial charge in [-0.15, -0.1) is 0 Å². The van der Waals surface area contributed by atoms with Gasteiger partial charge in [-0.05, 0) is 36.5 Å². The molecule has 0 amide bonds. The molecular weight excluding hydrogens is 188 g/mol. The highest BCUT2D eigenvalue weighted by molar-refractivity contribution is 5.70. The van der Waals surface area contributed by atoms with Crippen molar-refractivity contribution >= 4 is 17.5 Å². The lowest BCUT2D eigenvalue weighted by molar-refractivity contribution is 0.565. The lowest BCUT2D eigenvalue weighted by Crippen LogP contribution is -2.00. The van der Waals surface area contributed by atoms with Crippen LogP contribution in [0.1, 0.15) is 36.5 Å². The molecule has 0 atom stereocenters. The molecule has 0 spiro atoms. The highest BCUT2D eigenvalue weighted by Gasteiger charge is 2.12. The number of nitrogen functional groups attached to an aromatic ring is 1. The minimum atomic E-state index is 0.372. The van der Waals surface area contributed by atoms with Gasteiger partial charge in [0.1, 0.15) is 0 Å². The molecule has 1 rings (SSSR count). The molecule has 0 heterocycles. The Morgan fingerprint density at radius 1 is 1.40 bits per heavy atom. The lowest BCUT2D eigenvalue weighted by Gasteiger charge is -2.15. The Morgan fingerprint density at radius 3 is 2.47 bits per heavy atom. The van der Waals surface area contributed by atoms with Gasteiger partial charge in [-0.3, -0.25) is 0 Å². The number of nitrogens with zero attached hydrogens (tertiary/aromatic N) is 1. The van der Waals surface area contributed by atoms with Gasteiger partial charge in [-0.1, -0.05) is 19.9 Å². The summed E-state index contributed by atoms with van der Waals surface area (Å²) in [6.07, 6.45) is 1.56. The summed E-state index contributed by atoms with van der Waals surface area (Å²) in [4.78, 5) is 14.0. The van der Waals surface area contributed by atoms with E-state index in [9.17, 15) is 4.79 Å². The molecule has 1 aromatic rings. The fourth-order valence-electron chi connectivity index (χ4n) is 1.71. The van der Waals surface area contributed by atoms with Crippen LogP contribution >= 0.6 is 0 Å². The van der Waals surface area contributed by atoms with Crippen LogP contribution in [0.25, 0.3) is 0 Å².